The van der Waals surface area contributed by atoms with Crippen molar-refractivity contribution in [2.75, 3.05) is 18.4 Å². The number of benzene rings is 2. The molecule has 29 heavy (non-hydrogen) atoms. The maximum absolute atomic E-state index is 13.0. The van der Waals surface area contributed by atoms with Crippen molar-refractivity contribution >= 4 is 55.7 Å². The van der Waals surface area contributed by atoms with Crippen LogP contribution in [-0.2, 0) is 10.0 Å². The Hall–Kier alpha value is -2.13. The highest BCUT2D eigenvalue weighted by atomic mass is 35.5. The predicted molar refractivity (Wildman–Crippen MR) is 113 cm³/mol. The molecule has 2 N–H and O–H groups in total. The van der Waals surface area contributed by atoms with Crippen LogP contribution in [0.25, 0.3) is 10.9 Å². The van der Waals surface area contributed by atoms with E-state index in [9.17, 15) is 13.2 Å². The molecule has 1 aliphatic heterocycles. The van der Waals surface area contributed by atoms with Gasteiger partial charge in [-0.1, -0.05) is 29.6 Å². The van der Waals surface area contributed by atoms with Gasteiger partial charge >= 0.3 is 0 Å². The third kappa shape index (κ3) is 3.98. The standard InChI is InChI=1S/C19H18Cl2N4O3S/c20-12-4-7-16-14(10-12)18(24-23-16)19(26)22-13-5-6-15(21)17(11-13)29(27,28)25-8-2-1-3-9-25/h4-7,10-11H,1-3,8-9H2,(H,22,26)(H,23,24). The molecule has 0 bridgehead atoms. The molecule has 0 saturated carbocycles. The Bertz CT molecular complexity index is 1190. The molecule has 0 unspecified atom stereocenters. The van der Waals surface area contributed by atoms with Crippen LogP contribution in [0.2, 0.25) is 10.0 Å². The molecule has 152 valence electrons. The first kappa shape index (κ1) is 20.2. The van der Waals surface area contributed by atoms with Gasteiger partial charge in [0.05, 0.1) is 10.5 Å². The summed E-state index contributed by atoms with van der Waals surface area (Å²) >= 11 is 12.2. The molecule has 0 atom stereocenters. The van der Waals surface area contributed by atoms with Crippen molar-refractivity contribution in [2.24, 2.45) is 0 Å². The van der Waals surface area contributed by atoms with Gasteiger partial charge in [-0.15, -0.1) is 0 Å². The van der Waals surface area contributed by atoms with Crippen LogP contribution in [0.4, 0.5) is 5.69 Å². The highest BCUT2D eigenvalue weighted by Gasteiger charge is 2.28. The van der Waals surface area contributed by atoms with Crippen molar-refractivity contribution in [3.8, 4) is 0 Å². The second kappa shape index (κ2) is 7.95. The molecular formula is C19H18Cl2N4O3S. The number of aromatic nitrogens is 2. The van der Waals surface area contributed by atoms with Crippen molar-refractivity contribution < 1.29 is 13.2 Å². The van der Waals surface area contributed by atoms with Gasteiger partial charge in [-0.2, -0.15) is 9.40 Å². The zero-order valence-corrected chi connectivity index (χ0v) is 17.6. The number of hydrogen-bond acceptors (Lipinski definition) is 4. The molecule has 1 fully saturated rings. The predicted octanol–water partition coefficient (Wildman–Crippen LogP) is 4.30. The number of piperidine rings is 1. The summed E-state index contributed by atoms with van der Waals surface area (Å²) in [5.74, 6) is -0.484. The van der Waals surface area contributed by atoms with Gasteiger partial charge in [-0.05, 0) is 49.2 Å². The molecule has 2 aromatic carbocycles. The first-order valence-electron chi connectivity index (χ1n) is 9.11. The lowest BCUT2D eigenvalue weighted by molar-refractivity contribution is 0.102. The minimum absolute atomic E-state index is 0.0196. The Labute approximate surface area is 178 Å². The summed E-state index contributed by atoms with van der Waals surface area (Å²) in [5, 5.41) is 10.7. The summed E-state index contributed by atoms with van der Waals surface area (Å²) in [4.78, 5) is 12.7. The zero-order valence-electron chi connectivity index (χ0n) is 15.3. The largest absolute Gasteiger partial charge is 0.321 e. The van der Waals surface area contributed by atoms with E-state index in [4.69, 9.17) is 23.2 Å². The number of hydrogen-bond donors (Lipinski definition) is 2. The van der Waals surface area contributed by atoms with Gasteiger partial charge in [0.2, 0.25) is 10.0 Å². The molecule has 4 rings (SSSR count). The average Bonchev–Trinajstić information content (AvgIpc) is 3.13. The van der Waals surface area contributed by atoms with Crippen LogP contribution >= 0.6 is 23.2 Å². The fourth-order valence-corrected chi connectivity index (χ4v) is 5.56. The minimum Gasteiger partial charge on any atom is -0.321 e. The van der Waals surface area contributed by atoms with Crippen LogP contribution in [0.3, 0.4) is 0 Å². The number of halogens is 2. The lowest BCUT2D eigenvalue weighted by Crippen LogP contribution is -2.35. The molecular weight excluding hydrogens is 435 g/mol. The molecule has 3 aromatic rings. The molecule has 0 spiro atoms. The SMILES string of the molecule is O=C(Nc1ccc(Cl)c(S(=O)(=O)N2CCCCC2)c1)c1n[nH]c2ccc(Cl)cc12. The topological polar surface area (TPSA) is 95.2 Å². The summed E-state index contributed by atoms with van der Waals surface area (Å²) in [7, 11) is -3.73. The van der Waals surface area contributed by atoms with E-state index >= 15 is 0 Å². The van der Waals surface area contributed by atoms with E-state index in [0.29, 0.717) is 34.7 Å². The number of H-pyrrole nitrogens is 1. The van der Waals surface area contributed by atoms with Crippen LogP contribution < -0.4 is 5.32 Å². The lowest BCUT2D eigenvalue weighted by atomic mass is 10.2. The Kier molecular flexibility index (Phi) is 5.52. The van der Waals surface area contributed by atoms with Crippen molar-refractivity contribution in [3.63, 3.8) is 0 Å². The van der Waals surface area contributed by atoms with E-state index in [0.717, 1.165) is 19.3 Å². The molecule has 0 aliphatic carbocycles. The smallest absolute Gasteiger partial charge is 0.276 e. The van der Waals surface area contributed by atoms with Gasteiger partial charge < -0.3 is 5.32 Å². The molecule has 1 aromatic heterocycles. The Morgan fingerprint density at radius 3 is 2.59 bits per heavy atom. The fraction of sp³-hybridized carbons (Fsp3) is 0.263. The van der Waals surface area contributed by atoms with Crippen LogP contribution in [0, 0.1) is 0 Å². The van der Waals surface area contributed by atoms with E-state index < -0.39 is 15.9 Å². The van der Waals surface area contributed by atoms with Gasteiger partial charge in [-0.25, -0.2) is 8.42 Å². The fourth-order valence-electron chi connectivity index (χ4n) is 3.37. The van der Waals surface area contributed by atoms with E-state index in [1.54, 1.807) is 24.3 Å². The van der Waals surface area contributed by atoms with E-state index in [1.807, 2.05) is 0 Å². The summed E-state index contributed by atoms with van der Waals surface area (Å²) in [5.41, 5.74) is 1.15. The maximum Gasteiger partial charge on any atom is 0.276 e. The highest BCUT2D eigenvalue weighted by molar-refractivity contribution is 7.89. The number of aromatic amines is 1. The van der Waals surface area contributed by atoms with E-state index in [1.165, 1.54) is 16.4 Å². The van der Waals surface area contributed by atoms with E-state index in [-0.39, 0.29) is 15.6 Å². The molecule has 1 amide bonds. The number of anilines is 1. The van der Waals surface area contributed by atoms with Crippen LogP contribution in [0.5, 0.6) is 0 Å². The number of nitrogens with one attached hydrogen (secondary N) is 2. The van der Waals surface area contributed by atoms with Gasteiger partial charge in [0.25, 0.3) is 5.91 Å². The molecule has 1 saturated heterocycles. The highest BCUT2D eigenvalue weighted by Crippen LogP contribution is 2.30. The van der Waals surface area contributed by atoms with Crippen molar-refractivity contribution in [1.82, 2.24) is 14.5 Å². The number of carbonyl (C=O) groups is 1. The Balaban J connectivity index is 1.63. The van der Waals surface area contributed by atoms with Crippen molar-refractivity contribution in [1.29, 1.82) is 0 Å². The molecule has 1 aliphatic rings. The molecule has 10 heteroatoms. The van der Waals surface area contributed by atoms with E-state index in [2.05, 4.69) is 15.5 Å². The second-order valence-corrected chi connectivity index (χ2v) is 9.58. The Morgan fingerprint density at radius 1 is 1.07 bits per heavy atom. The Morgan fingerprint density at radius 2 is 1.83 bits per heavy atom. The van der Waals surface area contributed by atoms with Crippen LogP contribution in [-0.4, -0.2) is 41.9 Å². The summed E-state index contributed by atoms with van der Waals surface area (Å²) < 4.78 is 27.4. The number of carbonyl (C=O) groups excluding carboxylic acids is 1. The van der Waals surface area contributed by atoms with Gasteiger partial charge in [0.15, 0.2) is 5.69 Å². The van der Waals surface area contributed by atoms with Crippen LogP contribution in [0.15, 0.2) is 41.3 Å². The lowest BCUT2D eigenvalue weighted by Gasteiger charge is -2.26. The summed E-state index contributed by atoms with van der Waals surface area (Å²) in [6, 6.07) is 9.47. The van der Waals surface area contributed by atoms with Crippen molar-refractivity contribution in [2.45, 2.75) is 24.2 Å². The normalized spacial score (nSPS) is 15.5. The second-order valence-electron chi connectivity index (χ2n) is 6.83. The molecule has 2 heterocycles. The third-order valence-electron chi connectivity index (χ3n) is 4.86. The quantitative estimate of drug-likeness (QED) is 0.616. The van der Waals surface area contributed by atoms with Crippen LogP contribution in [0.1, 0.15) is 29.8 Å². The number of amides is 1. The van der Waals surface area contributed by atoms with Crippen molar-refractivity contribution in [3.05, 3.63) is 52.1 Å². The number of nitrogens with zero attached hydrogens (tertiary/aromatic N) is 2. The summed E-state index contributed by atoms with van der Waals surface area (Å²) in [6.07, 6.45) is 2.65. The number of rotatable bonds is 4. The first-order valence-corrected chi connectivity index (χ1v) is 11.3. The average molecular weight is 453 g/mol. The zero-order chi connectivity index (χ0) is 20.6. The molecule has 0 radical (unpaired) electrons. The minimum atomic E-state index is -3.73. The number of fused-ring (bicyclic) bond motifs is 1. The number of sulfonamides is 1. The van der Waals surface area contributed by atoms with Gasteiger partial charge in [0, 0.05) is 29.2 Å². The third-order valence-corrected chi connectivity index (χ3v) is 7.48. The molecule has 7 nitrogen and oxygen atoms in total. The van der Waals surface area contributed by atoms with Gasteiger partial charge in [-0.3, -0.25) is 9.89 Å². The first-order chi connectivity index (χ1) is 13.9. The maximum atomic E-state index is 13.0. The van der Waals surface area contributed by atoms with Gasteiger partial charge in [0.1, 0.15) is 4.90 Å². The summed E-state index contributed by atoms with van der Waals surface area (Å²) in [6.45, 7) is 0.935. The monoisotopic (exact) mass is 452 g/mol.